The van der Waals surface area contributed by atoms with Gasteiger partial charge in [0.2, 0.25) is 0 Å². The van der Waals surface area contributed by atoms with Crippen molar-refractivity contribution in [3.63, 3.8) is 0 Å². The first-order valence-electron chi connectivity index (χ1n) is 7.51. The molecule has 1 atom stereocenters. The maximum absolute atomic E-state index is 5.90. The van der Waals surface area contributed by atoms with E-state index in [-0.39, 0.29) is 6.23 Å². The van der Waals surface area contributed by atoms with E-state index < -0.39 is 0 Å². The summed E-state index contributed by atoms with van der Waals surface area (Å²) in [5.74, 6) is 1.71. The van der Waals surface area contributed by atoms with E-state index >= 15 is 0 Å². The zero-order valence-corrected chi connectivity index (χ0v) is 13.0. The van der Waals surface area contributed by atoms with Gasteiger partial charge in [-0.15, -0.1) is 0 Å². The molecule has 1 heterocycles. The molecule has 0 radical (unpaired) electrons. The smallest absolute Gasteiger partial charge is 0.134 e. The molecule has 0 saturated carbocycles. The summed E-state index contributed by atoms with van der Waals surface area (Å²) in [7, 11) is 3.35. The maximum Gasteiger partial charge on any atom is 0.134 e. The first-order valence-corrected chi connectivity index (χ1v) is 7.51. The number of nitrogens with zero attached hydrogens (tertiary/aromatic N) is 1. The third-order valence-corrected chi connectivity index (χ3v) is 3.89. The number of rotatable bonds is 5. The summed E-state index contributed by atoms with van der Waals surface area (Å²) in [6.07, 6.45) is 2.19. The van der Waals surface area contributed by atoms with Crippen LogP contribution in [0.1, 0.15) is 12.8 Å². The lowest BCUT2D eigenvalue weighted by molar-refractivity contribution is 0.116. The number of benzene rings is 2. The van der Waals surface area contributed by atoms with Crippen molar-refractivity contribution in [3.05, 3.63) is 48.5 Å². The van der Waals surface area contributed by atoms with Crippen LogP contribution in [-0.4, -0.2) is 27.1 Å². The summed E-state index contributed by atoms with van der Waals surface area (Å²) < 4.78 is 16.4. The van der Waals surface area contributed by atoms with Gasteiger partial charge in [-0.05, 0) is 61.4 Å². The number of methoxy groups -OCH3 is 2. The van der Waals surface area contributed by atoms with Crippen LogP contribution in [0.25, 0.3) is 0 Å². The van der Waals surface area contributed by atoms with Crippen molar-refractivity contribution >= 4 is 11.4 Å². The zero-order valence-electron chi connectivity index (χ0n) is 13.0. The van der Waals surface area contributed by atoms with Gasteiger partial charge in [0.15, 0.2) is 0 Å². The minimum absolute atomic E-state index is 0.0711. The molecule has 2 aromatic rings. The van der Waals surface area contributed by atoms with Gasteiger partial charge in [-0.1, -0.05) is 0 Å². The number of ether oxygens (including phenoxy) is 3. The highest BCUT2D eigenvalue weighted by Crippen LogP contribution is 2.34. The molecule has 0 N–H and O–H groups in total. The van der Waals surface area contributed by atoms with E-state index in [9.17, 15) is 0 Å². The minimum atomic E-state index is 0.0711. The SMILES string of the molecule is COc1ccc(N(c2ccc(OC)cc2)C2CCCO2)cc1. The second kappa shape index (κ2) is 6.71. The Morgan fingerprint density at radius 1 is 0.864 bits per heavy atom. The quantitative estimate of drug-likeness (QED) is 0.835. The van der Waals surface area contributed by atoms with Crippen LogP contribution in [0.4, 0.5) is 11.4 Å². The van der Waals surface area contributed by atoms with Gasteiger partial charge in [0, 0.05) is 18.0 Å². The first kappa shape index (κ1) is 14.7. The molecule has 116 valence electrons. The Bertz CT molecular complexity index is 541. The molecule has 1 unspecified atom stereocenters. The highest BCUT2D eigenvalue weighted by molar-refractivity contribution is 5.65. The molecule has 0 bridgehead atoms. The highest BCUT2D eigenvalue weighted by atomic mass is 16.5. The lowest BCUT2D eigenvalue weighted by atomic mass is 10.2. The predicted molar refractivity (Wildman–Crippen MR) is 87.1 cm³/mol. The van der Waals surface area contributed by atoms with Crippen LogP contribution in [0.2, 0.25) is 0 Å². The second-order valence-electron chi connectivity index (χ2n) is 5.23. The summed E-state index contributed by atoms with van der Waals surface area (Å²) in [6, 6.07) is 16.1. The Morgan fingerprint density at radius 2 is 1.36 bits per heavy atom. The molecule has 1 fully saturated rings. The summed E-state index contributed by atoms with van der Waals surface area (Å²) in [4.78, 5) is 2.23. The molecule has 3 rings (SSSR count). The van der Waals surface area contributed by atoms with Gasteiger partial charge >= 0.3 is 0 Å². The minimum Gasteiger partial charge on any atom is -0.497 e. The Morgan fingerprint density at radius 3 is 1.73 bits per heavy atom. The van der Waals surface area contributed by atoms with Crippen LogP contribution in [0.5, 0.6) is 11.5 Å². The van der Waals surface area contributed by atoms with E-state index in [0.717, 1.165) is 42.3 Å². The van der Waals surface area contributed by atoms with Crippen molar-refractivity contribution in [2.45, 2.75) is 19.1 Å². The number of anilines is 2. The summed E-state index contributed by atoms with van der Waals surface area (Å²) >= 11 is 0. The van der Waals surface area contributed by atoms with Gasteiger partial charge in [-0.25, -0.2) is 0 Å². The summed E-state index contributed by atoms with van der Waals surface area (Å²) in [6.45, 7) is 0.813. The van der Waals surface area contributed by atoms with Crippen LogP contribution in [0.15, 0.2) is 48.5 Å². The first-order chi connectivity index (χ1) is 10.8. The van der Waals surface area contributed by atoms with Gasteiger partial charge in [0.25, 0.3) is 0 Å². The average Bonchev–Trinajstić information content (AvgIpc) is 3.10. The molecule has 4 nitrogen and oxygen atoms in total. The van der Waals surface area contributed by atoms with Crippen molar-refractivity contribution in [3.8, 4) is 11.5 Å². The fourth-order valence-electron chi connectivity index (χ4n) is 2.73. The molecule has 0 aliphatic carbocycles. The van der Waals surface area contributed by atoms with E-state index in [1.165, 1.54) is 0 Å². The molecular weight excluding hydrogens is 278 g/mol. The Hall–Kier alpha value is -2.20. The molecule has 1 aliphatic heterocycles. The monoisotopic (exact) mass is 299 g/mol. The molecule has 0 aromatic heterocycles. The van der Waals surface area contributed by atoms with Gasteiger partial charge in [-0.2, -0.15) is 0 Å². The van der Waals surface area contributed by atoms with Gasteiger partial charge in [0.1, 0.15) is 17.7 Å². The zero-order chi connectivity index (χ0) is 15.4. The highest BCUT2D eigenvalue weighted by Gasteiger charge is 2.25. The number of hydrogen-bond acceptors (Lipinski definition) is 4. The van der Waals surface area contributed by atoms with E-state index in [1.54, 1.807) is 14.2 Å². The third-order valence-electron chi connectivity index (χ3n) is 3.89. The van der Waals surface area contributed by atoms with Crippen molar-refractivity contribution < 1.29 is 14.2 Å². The molecule has 2 aromatic carbocycles. The topological polar surface area (TPSA) is 30.9 Å². The van der Waals surface area contributed by atoms with E-state index in [1.807, 2.05) is 24.3 Å². The molecule has 0 spiro atoms. The molecule has 4 heteroatoms. The lowest BCUT2D eigenvalue weighted by Crippen LogP contribution is -2.30. The van der Waals surface area contributed by atoms with Crippen molar-refractivity contribution in [2.75, 3.05) is 25.7 Å². The molecule has 1 saturated heterocycles. The van der Waals surface area contributed by atoms with Crippen LogP contribution in [-0.2, 0) is 4.74 Å². The normalized spacial score (nSPS) is 17.3. The Kier molecular flexibility index (Phi) is 4.49. The Labute approximate surface area is 131 Å². The lowest BCUT2D eigenvalue weighted by Gasteiger charge is -2.30. The van der Waals surface area contributed by atoms with Gasteiger partial charge < -0.3 is 19.1 Å². The standard InChI is InChI=1S/C18H21NO3/c1-20-16-9-5-14(6-10-16)19(18-4-3-13-22-18)15-7-11-17(21-2)12-8-15/h5-12,18H,3-4,13H2,1-2H3. The predicted octanol–water partition coefficient (Wildman–Crippen LogP) is 3.98. The van der Waals surface area contributed by atoms with E-state index in [4.69, 9.17) is 14.2 Å². The summed E-state index contributed by atoms with van der Waals surface area (Å²) in [5.41, 5.74) is 2.19. The van der Waals surface area contributed by atoms with Crippen LogP contribution < -0.4 is 14.4 Å². The van der Waals surface area contributed by atoms with Crippen LogP contribution >= 0.6 is 0 Å². The number of hydrogen-bond donors (Lipinski definition) is 0. The molecule has 22 heavy (non-hydrogen) atoms. The van der Waals surface area contributed by atoms with Crippen molar-refractivity contribution in [1.82, 2.24) is 0 Å². The second-order valence-corrected chi connectivity index (χ2v) is 5.23. The molecular formula is C18H21NO3. The van der Waals surface area contributed by atoms with Crippen molar-refractivity contribution in [2.24, 2.45) is 0 Å². The third kappa shape index (κ3) is 3.02. The molecule has 0 amide bonds. The van der Waals surface area contributed by atoms with E-state index in [0.29, 0.717) is 0 Å². The maximum atomic E-state index is 5.90. The van der Waals surface area contributed by atoms with Crippen molar-refractivity contribution in [1.29, 1.82) is 0 Å². The van der Waals surface area contributed by atoms with Crippen LogP contribution in [0, 0.1) is 0 Å². The summed E-state index contributed by atoms with van der Waals surface area (Å²) in [5, 5.41) is 0. The largest absolute Gasteiger partial charge is 0.497 e. The average molecular weight is 299 g/mol. The van der Waals surface area contributed by atoms with E-state index in [2.05, 4.69) is 29.2 Å². The van der Waals surface area contributed by atoms with Crippen LogP contribution in [0.3, 0.4) is 0 Å². The van der Waals surface area contributed by atoms with Gasteiger partial charge in [0.05, 0.1) is 14.2 Å². The fraction of sp³-hybridized carbons (Fsp3) is 0.333. The Balaban J connectivity index is 1.94. The van der Waals surface area contributed by atoms with Gasteiger partial charge in [-0.3, -0.25) is 0 Å². The fourth-order valence-corrected chi connectivity index (χ4v) is 2.73. The molecule has 1 aliphatic rings.